The fourth-order valence-corrected chi connectivity index (χ4v) is 3.14. The molecule has 0 saturated carbocycles. The fourth-order valence-electron chi connectivity index (χ4n) is 2.27. The number of para-hydroxylation sites is 1. The number of hydrogen-bond donors (Lipinski definition) is 2. The number of rotatable bonds is 3. The molecule has 0 atom stereocenters. The van der Waals surface area contributed by atoms with Gasteiger partial charge in [-0.2, -0.15) is 0 Å². The molecule has 0 bridgehead atoms. The summed E-state index contributed by atoms with van der Waals surface area (Å²) in [7, 11) is 0. The maximum absolute atomic E-state index is 4.59. The van der Waals surface area contributed by atoms with E-state index < -0.39 is 0 Å². The maximum Gasteiger partial charge on any atom is 0.183 e. The SMILES string of the molecule is Br.Br.O.c1ccc2sc(NCC3CCNCC3)nc2c1. The first-order valence-electron chi connectivity index (χ1n) is 6.22. The Labute approximate surface area is 144 Å². The minimum atomic E-state index is 0. The molecule has 114 valence electrons. The van der Waals surface area contributed by atoms with E-state index in [1.807, 2.05) is 6.07 Å². The quantitative estimate of drug-likeness (QED) is 0.792. The van der Waals surface area contributed by atoms with Gasteiger partial charge >= 0.3 is 0 Å². The number of nitrogens with one attached hydrogen (secondary N) is 2. The van der Waals surface area contributed by atoms with Crippen molar-refractivity contribution in [2.45, 2.75) is 12.8 Å². The van der Waals surface area contributed by atoms with Crippen molar-refractivity contribution in [3.8, 4) is 0 Å². The second-order valence-corrected chi connectivity index (χ2v) is 5.59. The smallest absolute Gasteiger partial charge is 0.183 e. The molecular formula is C13H21Br2N3OS. The molecule has 1 aromatic carbocycles. The molecule has 2 aromatic rings. The first-order chi connectivity index (χ1) is 8.42. The zero-order valence-electron chi connectivity index (χ0n) is 11.1. The summed E-state index contributed by atoms with van der Waals surface area (Å²) >= 11 is 1.75. The number of piperidine rings is 1. The van der Waals surface area contributed by atoms with Gasteiger partial charge in [-0.15, -0.1) is 34.0 Å². The van der Waals surface area contributed by atoms with Crippen LogP contribution in [0.25, 0.3) is 10.2 Å². The van der Waals surface area contributed by atoms with Crippen LogP contribution in [-0.2, 0) is 0 Å². The molecular weight excluding hydrogens is 406 g/mol. The molecule has 1 fully saturated rings. The van der Waals surface area contributed by atoms with Gasteiger partial charge in [0, 0.05) is 6.54 Å². The number of halogens is 2. The molecule has 0 amide bonds. The number of anilines is 1. The van der Waals surface area contributed by atoms with Gasteiger partial charge in [0.15, 0.2) is 5.13 Å². The van der Waals surface area contributed by atoms with Crippen LogP contribution in [0, 0.1) is 5.92 Å². The average molecular weight is 427 g/mol. The Morgan fingerprint density at radius 2 is 1.90 bits per heavy atom. The van der Waals surface area contributed by atoms with Gasteiger partial charge in [0.25, 0.3) is 0 Å². The molecule has 4 nitrogen and oxygen atoms in total. The van der Waals surface area contributed by atoms with Gasteiger partial charge in [-0.05, 0) is 44.0 Å². The van der Waals surface area contributed by atoms with E-state index in [1.165, 1.54) is 17.5 Å². The molecule has 1 aliphatic heterocycles. The van der Waals surface area contributed by atoms with E-state index in [-0.39, 0.29) is 39.4 Å². The molecule has 0 spiro atoms. The normalized spacial score (nSPS) is 14.8. The third-order valence-electron chi connectivity index (χ3n) is 3.29. The Balaban J connectivity index is 0.00000120. The van der Waals surface area contributed by atoms with Crippen molar-refractivity contribution in [2.75, 3.05) is 25.0 Å². The van der Waals surface area contributed by atoms with Gasteiger partial charge in [0.1, 0.15) is 0 Å². The highest BCUT2D eigenvalue weighted by Gasteiger charge is 2.13. The van der Waals surface area contributed by atoms with Crippen LogP contribution in [0.4, 0.5) is 5.13 Å². The summed E-state index contributed by atoms with van der Waals surface area (Å²) in [6.45, 7) is 3.37. The molecule has 1 aliphatic rings. The number of nitrogens with zero attached hydrogens (tertiary/aromatic N) is 1. The summed E-state index contributed by atoms with van der Waals surface area (Å²) < 4.78 is 1.26. The molecule has 0 radical (unpaired) electrons. The molecule has 3 rings (SSSR count). The monoisotopic (exact) mass is 425 g/mol. The number of benzene rings is 1. The fraction of sp³-hybridized carbons (Fsp3) is 0.462. The van der Waals surface area contributed by atoms with Gasteiger partial charge in [0.2, 0.25) is 0 Å². The maximum atomic E-state index is 4.59. The average Bonchev–Trinajstić information content (AvgIpc) is 2.80. The topological polar surface area (TPSA) is 68.5 Å². The second kappa shape index (κ2) is 9.68. The van der Waals surface area contributed by atoms with E-state index >= 15 is 0 Å². The van der Waals surface area contributed by atoms with Crippen LogP contribution < -0.4 is 10.6 Å². The number of thiazole rings is 1. The molecule has 2 heterocycles. The largest absolute Gasteiger partial charge is 0.412 e. The first kappa shape index (κ1) is 19.8. The lowest BCUT2D eigenvalue weighted by Gasteiger charge is -2.22. The summed E-state index contributed by atoms with van der Waals surface area (Å²) in [4.78, 5) is 4.59. The third kappa shape index (κ3) is 4.96. The molecule has 0 unspecified atom stereocenters. The van der Waals surface area contributed by atoms with E-state index in [0.29, 0.717) is 0 Å². The van der Waals surface area contributed by atoms with E-state index in [1.54, 1.807) is 11.3 Å². The van der Waals surface area contributed by atoms with Gasteiger partial charge in [-0.1, -0.05) is 23.5 Å². The van der Waals surface area contributed by atoms with Crippen LogP contribution >= 0.6 is 45.3 Å². The summed E-state index contributed by atoms with van der Waals surface area (Å²) in [6, 6.07) is 8.31. The van der Waals surface area contributed by atoms with Crippen molar-refractivity contribution in [3.63, 3.8) is 0 Å². The van der Waals surface area contributed by atoms with Crippen LogP contribution in [0.3, 0.4) is 0 Å². The molecule has 20 heavy (non-hydrogen) atoms. The first-order valence-corrected chi connectivity index (χ1v) is 7.03. The predicted octanol–water partition coefficient (Wildman–Crippen LogP) is 3.04. The van der Waals surface area contributed by atoms with Crippen molar-refractivity contribution in [3.05, 3.63) is 24.3 Å². The van der Waals surface area contributed by atoms with Crippen LogP contribution in [0.15, 0.2) is 24.3 Å². The van der Waals surface area contributed by atoms with Gasteiger partial charge in [0.05, 0.1) is 10.2 Å². The van der Waals surface area contributed by atoms with Gasteiger partial charge in [-0.3, -0.25) is 0 Å². The summed E-state index contributed by atoms with van der Waals surface area (Å²) in [6.07, 6.45) is 2.55. The van der Waals surface area contributed by atoms with Crippen molar-refractivity contribution >= 4 is 60.6 Å². The summed E-state index contributed by atoms with van der Waals surface area (Å²) in [5, 5.41) is 7.94. The van der Waals surface area contributed by atoms with Crippen LogP contribution in [0.5, 0.6) is 0 Å². The predicted molar refractivity (Wildman–Crippen MR) is 98.0 cm³/mol. The minimum Gasteiger partial charge on any atom is -0.412 e. The van der Waals surface area contributed by atoms with Crippen molar-refractivity contribution < 1.29 is 5.48 Å². The van der Waals surface area contributed by atoms with Crippen molar-refractivity contribution in [2.24, 2.45) is 5.92 Å². The number of hydrogen-bond acceptors (Lipinski definition) is 4. The lowest BCUT2D eigenvalue weighted by Crippen LogP contribution is -2.31. The summed E-state index contributed by atoms with van der Waals surface area (Å²) in [5.41, 5.74) is 1.10. The van der Waals surface area contributed by atoms with Gasteiger partial charge < -0.3 is 16.1 Å². The van der Waals surface area contributed by atoms with Crippen LogP contribution in [-0.4, -0.2) is 30.1 Å². The Kier molecular flexibility index (Phi) is 9.58. The Morgan fingerprint density at radius 1 is 1.20 bits per heavy atom. The van der Waals surface area contributed by atoms with E-state index in [2.05, 4.69) is 33.8 Å². The number of aromatic nitrogens is 1. The van der Waals surface area contributed by atoms with E-state index in [9.17, 15) is 0 Å². The lowest BCUT2D eigenvalue weighted by atomic mass is 9.98. The molecule has 7 heteroatoms. The molecule has 1 aromatic heterocycles. The highest BCUT2D eigenvalue weighted by Crippen LogP contribution is 2.25. The lowest BCUT2D eigenvalue weighted by molar-refractivity contribution is 0.390. The summed E-state index contributed by atoms with van der Waals surface area (Å²) in [5.74, 6) is 0.795. The zero-order valence-corrected chi connectivity index (χ0v) is 15.3. The number of fused-ring (bicyclic) bond motifs is 1. The Bertz CT molecular complexity index is 470. The Hall–Kier alpha value is -0.210. The van der Waals surface area contributed by atoms with Crippen LogP contribution in [0.1, 0.15) is 12.8 Å². The molecule has 0 aliphatic carbocycles. The third-order valence-corrected chi connectivity index (χ3v) is 4.29. The van der Waals surface area contributed by atoms with Gasteiger partial charge in [-0.25, -0.2) is 4.98 Å². The zero-order chi connectivity index (χ0) is 11.5. The van der Waals surface area contributed by atoms with Crippen LogP contribution in [0.2, 0.25) is 0 Å². The van der Waals surface area contributed by atoms with E-state index in [4.69, 9.17) is 0 Å². The second-order valence-electron chi connectivity index (χ2n) is 4.56. The Morgan fingerprint density at radius 3 is 2.60 bits per heavy atom. The standard InChI is InChI=1S/C13H17N3S.2BrH.H2O/c1-2-4-12-11(3-1)16-13(17-12)15-9-10-5-7-14-8-6-10;;;/h1-4,10,14H,5-9H2,(H,15,16);2*1H;1H2. The van der Waals surface area contributed by atoms with Crippen molar-refractivity contribution in [1.82, 2.24) is 10.3 Å². The molecule has 4 N–H and O–H groups in total. The van der Waals surface area contributed by atoms with E-state index in [0.717, 1.165) is 36.2 Å². The minimum absolute atomic E-state index is 0. The highest BCUT2D eigenvalue weighted by atomic mass is 79.9. The highest BCUT2D eigenvalue weighted by molar-refractivity contribution is 8.93. The van der Waals surface area contributed by atoms with Crippen molar-refractivity contribution in [1.29, 1.82) is 0 Å². The molecule has 1 saturated heterocycles.